The number of nitrogens with one attached hydrogen (secondary N) is 1. The molecule has 0 atom stereocenters. The van der Waals surface area contributed by atoms with Crippen LogP contribution in [0.25, 0.3) is 5.57 Å². The van der Waals surface area contributed by atoms with Crippen molar-refractivity contribution < 1.29 is 14.3 Å². The van der Waals surface area contributed by atoms with Crippen molar-refractivity contribution in [1.29, 1.82) is 0 Å². The number of rotatable bonds is 5. The van der Waals surface area contributed by atoms with E-state index in [2.05, 4.69) is 10.3 Å². The van der Waals surface area contributed by atoms with E-state index in [1.54, 1.807) is 12.3 Å². The minimum Gasteiger partial charge on any atom is -0.462 e. The van der Waals surface area contributed by atoms with E-state index in [1.807, 2.05) is 0 Å². The molecule has 16 heavy (non-hydrogen) atoms. The predicted molar refractivity (Wildman–Crippen MR) is 62.3 cm³/mol. The highest BCUT2D eigenvalue weighted by molar-refractivity contribution is 7.14. The van der Waals surface area contributed by atoms with Crippen molar-refractivity contribution >= 4 is 46.0 Å². The molecule has 0 aliphatic heterocycles. The third-order valence-electron chi connectivity index (χ3n) is 1.57. The maximum Gasteiger partial charge on any atom is 0.341 e. The SMILES string of the molecule is CCOC(=O)C(=CCl)c1csc(NC=O)n1. The maximum absolute atomic E-state index is 11.4. The number of halogens is 1. The summed E-state index contributed by atoms with van der Waals surface area (Å²) < 4.78 is 4.80. The molecule has 1 rings (SSSR count). The van der Waals surface area contributed by atoms with E-state index in [9.17, 15) is 9.59 Å². The summed E-state index contributed by atoms with van der Waals surface area (Å²) >= 11 is 6.72. The highest BCUT2D eigenvalue weighted by Crippen LogP contribution is 2.22. The first-order valence-corrected chi connectivity index (χ1v) is 5.68. The summed E-state index contributed by atoms with van der Waals surface area (Å²) in [5, 5.41) is 4.38. The number of ether oxygens (including phenoxy) is 1. The molecule has 5 nitrogen and oxygen atoms in total. The highest BCUT2D eigenvalue weighted by Gasteiger charge is 2.15. The largest absolute Gasteiger partial charge is 0.462 e. The second-order valence-electron chi connectivity index (χ2n) is 2.54. The van der Waals surface area contributed by atoms with Gasteiger partial charge in [0.15, 0.2) is 5.13 Å². The van der Waals surface area contributed by atoms with E-state index in [0.29, 0.717) is 17.2 Å². The molecule has 0 saturated heterocycles. The zero-order valence-corrected chi connectivity index (χ0v) is 9.97. The van der Waals surface area contributed by atoms with Crippen molar-refractivity contribution in [1.82, 2.24) is 4.98 Å². The Kier molecular flexibility index (Phi) is 4.94. The Labute approximate surface area is 101 Å². The van der Waals surface area contributed by atoms with E-state index in [1.165, 1.54) is 11.3 Å². The molecular formula is C9H9ClN2O3S. The number of aromatic nitrogens is 1. The van der Waals surface area contributed by atoms with Crippen molar-refractivity contribution in [3.8, 4) is 0 Å². The Bertz CT molecular complexity index is 417. The quantitative estimate of drug-likeness (QED) is 0.498. The number of nitrogens with zero attached hydrogens (tertiary/aromatic N) is 1. The molecule has 0 spiro atoms. The van der Waals surface area contributed by atoms with Gasteiger partial charge in [0, 0.05) is 10.9 Å². The summed E-state index contributed by atoms with van der Waals surface area (Å²) in [6, 6.07) is 0. The van der Waals surface area contributed by atoms with Crippen LogP contribution in [0.4, 0.5) is 5.13 Å². The van der Waals surface area contributed by atoms with Crippen molar-refractivity contribution in [2.24, 2.45) is 0 Å². The van der Waals surface area contributed by atoms with Crippen LogP contribution in [0.1, 0.15) is 12.6 Å². The first kappa shape index (κ1) is 12.7. The first-order valence-electron chi connectivity index (χ1n) is 4.36. The summed E-state index contributed by atoms with van der Waals surface area (Å²) in [6.45, 7) is 1.96. The lowest BCUT2D eigenvalue weighted by Crippen LogP contribution is -2.06. The summed E-state index contributed by atoms with van der Waals surface area (Å²) in [7, 11) is 0. The van der Waals surface area contributed by atoms with Gasteiger partial charge in [-0.1, -0.05) is 11.6 Å². The molecule has 0 bridgehead atoms. The van der Waals surface area contributed by atoms with Gasteiger partial charge >= 0.3 is 5.97 Å². The number of thiazole rings is 1. The second-order valence-corrected chi connectivity index (χ2v) is 3.62. The monoisotopic (exact) mass is 260 g/mol. The van der Waals surface area contributed by atoms with E-state index in [0.717, 1.165) is 5.54 Å². The smallest absolute Gasteiger partial charge is 0.341 e. The lowest BCUT2D eigenvalue weighted by Gasteiger charge is -2.02. The Morgan fingerprint density at radius 3 is 3.06 bits per heavy atom. The minimum atomic E-state index is -0.541. The molecule has 1 aromatic rings. The Morgan fingerprint density at radius 1 is 1.75 bits per heavy atom. The topological polar surface area (TPSA) is 68.3 Å². The normalized spacial score (nSPS) is 11.0. The fraction of sp³-hybridized carbons (Fsp3) is 0.222. The van der Waals surface area contributed by atoms with Crippen LogP contribution in [0.15, 0.2) is 10.9 Å². The lowest BCUT2D eigenvalue weighted by atomic mass is 10.2. The third kappa shape index (κ3) is 3.04. The molecule has 0 radical (unpaired) electrons. The van der Waals surface area contributed by atoms with Crippen LogP contribution in [0, 0.1) is 0 Å². The second kappa shape index (κ2) is 6.24. The number of carbonyl (C=O) groups excluding carboxylic acids is 2. The standard InChI is InChI=1S/C9H9ClN2O3S/c1-2-15-8(14)6(3-10)7-4-16-9(12-7)11-5-13/h3-5H,2H2,1H3,(H,11,12,13). The Morgan fingerprint density at radius 2 is 2.50 bits per heavy atom. The lowest BCUT2D eigenvalue weighted by molar-refractivity contribution is -0.136. The zero-order valence-electron chi connectivity index (χ0n) is 8.40. The van der Waals surface area contributed by atoms with Gasteiger partial charge in [-0.3, -0.25) is 4.79 Å². The average Bonchev–Trinajstić information content (AvgIpc) is 2.68. The summed E-state index contributed by atoms with van der Waals surface area (Å²) in [5.74, 6) is -0.541. The van der Waals surface area contributed by atoms with Gasteiger partial charge in [0.05, 0.1) is 17.9 Å². The molecule has 1 N–H and O–H groups in total. The van der Waals surface area contributed by atoms with Gasteiger partial charge in [-0.15, -0.1) is 11.3 Å². The molecule has 7 heteroatoms. The third-order valence-corrected chi connectivity index (χ3v) is 2.56. The van der Waals surface area contributed by atoms with Crippen molar-refractivity contribution in [3.05, 3.63) is 16.6 Å². The van der Waals surface area contributed by atoms with Crippen LogP contribution in [0.5, 0.6) is 0 Å². The summed E-state index contributed by atoms with van der Waals surface area (Å²) in [5.41, 5.74) is 1.65. The van der Waals surface area contributed by atoms with Crippen LogP contribution in [-0.2, 0) is 14.3 Å². The Hall–Kier alpha value is -1.40. The molecule has 0 aliphatic rings. The number of anilines is 1. The van der Waals surface area contributed by atoms with Crippen molar-refractivity contribution in [2.75, 3.05) is 11.9 Å². The van der Waals surface area contributed by atoms with Crippen LogP contribution in [0.2, 0.25) is 0 Å². The number of carbonyl (C=O) groups is 2. The van der Waals surface area contributed by atoms with Gasteiger partial charge in [0.25, 0.3) is 0 Å². The van der Waals surface area contributed by atoms with Gasteiger partial charge in [-0.2, -0.15) is 0 Å². The molecule has 0 aromatic carbocycles. The molecule has 1 aromatic heterocycles. The predicted octanol–water partition coefficient (Wildman–Crippen LogP) is 1.85. The molecule has 1 heterocycles. The average molecular weight is 261 g/mol. The van der Waals surface area contributed by atoms with Gasteiger partial charge < -0.3 is 10.1 Å². The summed E-state index contributed by atoms with van der Waals surface area (Å²) in [6.07, 6.45) is 0.511. The van der Waals surface area contributed by atoms with E-state index >= 15 is 0 Å². The molecular weight excluding hydrogens is 252 g/mol. The molecule has 86 valence electrons. The van der Waals surface area contributed by atoms with Crippen LogP contribution in [-0.4, -0.2) is 24.0 Å². The molecule has 0 saturated carbocycles. The van der Waals surface area contributed by atoms with Crippen LogP contribution in [0.3, 0.4) is 0 Å². The maximum atomic E-state index is 11.4. The first-order chi connectivity index (χ1) is 7.72. The molecule has 0 unspecified atom stereocenters. The van der Waals surface area contributed by atoms with Crippen LogP contribution >= 0.6 is 22.9 Å². The van der Waals surface area contributed by atoms with Crippen molar-refractivity contribution in [3.63, 3.8) is 0 Å². The number of amides is 1. The van der Waals surface area contributed by atoms with E-state index in [4.69, 9.17) is 16.3 Å². The molecule has 0 aliphatic carbocycles. The molecule has 1 amide bonds. The van der Waals surface area contributed by atoms with Gasteiger partial charge in [0.2, 0.25) is 6.41 Å². The van der Waals surface area contributed by atoms with Gasteiger partial charge in [-0.25, -0.2) is 9.78 Å². The number of hydrogen-bond acceptors (Lipinski definition) is 5. The van der Waals surface area contributed by atoms with Gasteiger partial charge in [0.1, 0.15) is 0 Å². The zero-order chi connectivity index (χ0) is 12.0. The van der Waals surface area contributed by atoms with E-state index in [-0.39, 0.29) is 12.2 Å². The fourth-order valence-corrected chi connectivity index (χ4v) is 1.80. The minimum absolute atomic E-state index is 0.165. The fourth-order valence-electron chi connectivity index (χ4n) is 0.928. The summed E-state index contributed by atoms with van der Waals surface area (Å²) in [4.78, 5) is 25.6. The van der Waals surface area contributed by atoms with Gasteiger partial charge in [-0.05, 0) is 6.92 Å². The molecule has 0 fully saturated rings. The number of hydrogen-bond donors (Lipinski definition) is 1. The Balaban J connectivity index is 2.87. The van der Waals surface area contributed by atoms with Crippen molar-refractivity contribution in [2.45, 2.75) is 6.92 Å². The van der Waals surface area contributed by atoms with Crippen LogP contribution < -0.4 is 5.32 Å². The van der Waals surface area contributed by atoms with E-state index < -0.39 is 5.97 Å². The highest BCUT2D eigenvalue weighted by atomic mass is 35.5. The number of esters is 1.